The van der Waals surface area contributed by atoms with Gasteiger partial charge in [-0.25, -0.2) is 0 Å². The Morgan fingerprint density at radius 3 is 2.76 bits per heavy atom. The van der Waals surface area contributed by atoms with Crippen molar-refractivity contribution in [2.75, 3.05) is 26.7 Å². The Hall–Kier alpha value is -0.910. The van der Waals surface area contributed by atoms with Gasteiger partial charge in [0.2, 0.25) is 0 Å². The number of aromatic nitrogens is 2. The maximum absolute atomic E-state index is 6.16. The molecule has 0 radical (unpaired) electrons. The largest absolute Gasteiger partial charge is 0.329 e. The molecule has 3 atom stereocenters. The lowest BCUT2D eigenvalue weighted by molar-refractivity contribution is 0.174. The van der Waals surface area contributed by atoms with Crippen LogP contribution < -0.4 is 5.73 Å². The Morgan fingerprint density at radius 2 is 2.05 bits per heavy atom. The summed E-state index contributed by atoms with van der Waals surface area (Å²) in [6.07, 6.45) is 7.12. The van der Waals surface area contributed by atoms with Crippen LogP contribution in [0.2, 0.25) is 0 Å². The molecule has 21 heavy (non-hydrogen) atoms. The zero-order valence-electron chi connectivity index (χ0n) is 13.6. The highest BCUT2D eigenvalue weighted by atomic mass is 15.3. The number of nitrogens with zero attached hydrogens (tertiary/aromatic N) is 4. The van der Waals surface area contributed by atoms with Crippen molar-refractivity contribution >= 4 is 0 Å². The van der Waals surface area contributed by atoms with Gasteiger partial charge in [0, 0.05) is 50.5 Å². The van der Waals surface area contributed by atoms with E-state index in [0.29, 0.717) is 18.6 Å². The number of likely N-dealkylation sites (N-methyl/N-ethyl adjacent to an activating group) is 1. The molecule has 3 rings (SSSR count). The van der Waals surface area contributed by atoms with Gasteiger partial charge in [-0.05, 0) is 32.7 Å². The Balaban J connectivity index is 1.83. The number of rotatable bonds is 4. The molecule has 2 N–H and O–H groups in total. The molecule has 0 spiro atoms. The first-order valence-electron chi connectivity index (χ1n) is 8.32. The second-order valence-electron chi connectivity index (χ2n) is 6.64. The lowest BCUT2D eigenvalue weighted by Gasteiger charge is -2.32. The Kier molecular flexibility index (Phi) is 4.33. The van der Waals surface area contributed by atoms with Crippen molar-refractivity contribution < 1.29 is 0 Å². The van der Waals surface area contributed by atoms with Gasteiger partial charge in [-0.15, -0.1) is 0 Å². The third kappa shape index (κ3) is 2.74. The first kappa shape index (κ1) is 15.0. The highest BCUT2D eigenvalue weighted by molar-refractivity contribution is 5.22. The highest BCUT2D eigenvalue weighted by Gasteiger charge is 2.37. The van der Waals surface area contributed by atoms with E-state index in [0.717, 1.165) is 25.6 Å². The number of hydrogen-bond donors (Lipinski definition) is 1. The van der Waals surface area contributed by atoms with Gasteiger partial charge >= 0.3 is 0 Å². The third-order valence-electron chi connectivity index (χ3n) is 5.48. The Bertz CT molecular complexity index is 483. The third-order valence-corrected chi connectivity index (χ3v) is 5.48. The molecule has 2 fully saturated rings. The SMILES string of the molecule is CCc1nn(C)cc1C(CN)N1CCC2CCC(C1)N2C. The normalized spacial score (nSPS) is 28.8. The van der Waals surface area contributed by atoms with Crippen LogP contribution in [0.25, 0.3) is 0 Å². The fourth-order valence-electron chi connectivity index (χ4n) is 4.20. The van der Waals surface area contributed by atoms with E-state index in [-0.39, 0.29) is 0 Å². The first-order valence-corrected chi connectivity index (χ1v) is 8.32. The molecule has 5 nitrogen and oxygen atoms in total. The number of fused-ring (bicyclic) bond motifs is 2. The molecule has 2 aliphatic heterocycles. The maximum Gasteiger partial charge on any atom is 0.0670 e. The van der Waals surface area contributed by atoms with Crippen LogP contribution in [0.1, 0.15) is 43.5 Å². The van der Waals surface area contributed by atoms with Gasteiger partial charge in [0.05, 0.1) is 11.7 Å². The predicted octanol–water partition coefficient (Wildman–Crippen LogP) is 1.15. The van der Waals surface area contributed by atoms with E-state index in [1.54, 1.807) is 0 Å². The van der Waals surface area contributed by atoms with E-state index < -0.39 is 0 Å². The summed E-state index contributed by atoms with van der Waals surface area (Å²) in [5.74, 6) is 0. The molecule has 1 aromatic heterocycles. The molecule has 118 valence electrons. The average Bonchev–Trinajstić information content (AvgIpc) is 2.94. The molecule has 0 amide bonds. The summed E-state index contributed by atoms with van der Waals surface area (Å²) in [7, 11) is 4.30. The number of likely N-dealkylation sites (tertiary alicyclic amines) is 1. The molecule has 0 aromatic carbocycles. The van der Waals surface area contributed by atoms with Crippen LogP contribution in [-0.4, -0.2) is 58.3 Å². The van der Waals surface area contributed by atoms with Gasteiger partial charge in [-0.2, -0.15) is 5.10 Å². The molecule has 0 aliphatic carbocycles. The van der Waals surface area contributed by atoms with Crippen molar-refractivity contribution in [2.24, 2.45) is 12.8 Å². The fourth-order valence-corrected chi connectivity index (χ4v) is 4.20. The Morgan fingerprint density at radius 1 is 1.29 bits per heavy atom. The highest BCUT2D eigenvalue weighted by Crippen LogP contribution is 2.32. The molecule has 2 saturated heterocycles. The van der Waals surface area contributed by atoms with Crippen LogP contribution >= 0.6 is 0 Å². The standard InChI is InChI=1S/C16H29N5/c1-4-15-14(11-19(2)18-15)16(9-17)21-8-7-12-5-6-13(10-21)20(12)3/h11-13,16H,4-10,17H2,1-3H3. The minimum absolute atomic E-state index is 0.321. The van der Waals surface area contributed by atoms with Gasteiger partial charge in [-0.3, -0.25) is 14.5 Å². The van der Waals surface area contributed by atoms with E-state index in [4.69, 9.17) is 5.73 Å². The second kappa shape index (κ2) is 6.07. The van der Waals surface area contributed by atoms with Crippen molar-refractivity contribution in [1.29, 1.82) is 0 Å². The summed E-state index contributed by atoms with van der Waals surface area (Å²) in [6, 6.07) is 1.80. The summed E-state index contributed by atoms with van der Waals surface area (Å²) < 4.78 is 1.94. The second-order valence-corrected chi connectivity index (χ2v) is 6.64. The summed E-state index contributed by atoms with van der Waals surface area (Å²) in [5, 5.41) is 4.60. The van der Waals surface area contributed by atoms with E-state index in [9.17, 15) is 0 Å². The smallest absolute Gasteiger partial charge is 0.0670 e. The van der Waals surface area contributed by atoms with E-state index in [1.807, 2.05) is 11.7 Å². The first-order chi connectivity index (χ1) is 10.1. The topological polar surface area (TPSA) is 50.3 Å². The lowest BCUT2D eigenvalue weighted by atomic mass is 10.0. The number of hydrogen-bond acceptors (Lipinski definition) is 4. The van der Waals surface area contributed by atoms with Crippen LogP contribution in [0.15, 0.2) is 6.20 Å². The molecule has 3 heterocycles. The minimum atomic E-state index is 0.321. The number of nitrogens with two attached hydrogens (primary N) is 1. The van der Waals surface area contributed by atoms with Crippen LogP contribution in [0.5, 0.6) is 0 Å². The van der Waals surface area contributed by atoms with Gasteiger partial charge in [0.1, 0.15) is 0 Å². The average molecular weight is 291 g/mol. The van der Waals surface area contributed by atoms with E-state index >= 15 is 0 Å². The zero-order chi connectivity index (χ0) is 15.0. The monoisotopic (exact) mass is 291 g/mol. The summed E-state index contributed by atoms with van der Waals surface area (Å²) >= 11 is 0. The van der Waals surface area contributed by atoms with E-state index in [2.05, 4.69) is 35.1 Å². The van der Waals surface area contributed by atoms with Gasteiger partial charge in [0.15, 0.2) is 0 Å². The number of aryl methyl sites for hydroxylation is 2. The molecular formula is C16H29N5. The maximum atomic E-state index is 6.16. The molecule has 3 unspecified atom stereocenters. The molecule has 2 bridgehead atoms. The minimum Gasteiger partial charge on any atom is -0.329 e. The van der Waals surface area contributed by atoms with Gasteiger partial charge < -0.3 is 5.73 Å². The van der Waals surface area contributed by atoms with Crippen molar-refractivity contribution in [3.63, 3.8) is 0 Å². The van der Waals surface area contributed by atoms with Crippen molar-refractivity contribution in [3.8, 4) is 0 Å². The molecule has 1 aromatic rings. The summed E-state index contributed by atoms with van der Waals surface area (Å²) in [4.78, 5) is 5.20. The molecule has 2 aliphatic rings. The van der Waals surface area contributed by atoms with Crippen molar-refractivity contribution in [3.05, 3.63) is 17.5 Å². The van der Waals surface area contributed by atoms with Crippen LogP contribution in [0, 0.1) is 0 Å². The van der Waals surface area contributed by atoms with Gasteiger partial charge in [-0.1, -0.05) is 6.92 Å². The summed E-state index contributed by atoms with van der Waals surface area (Å²) in [6.45, 7) is 5.16. The van der Waals surface area contributed by atoms with Crippen LogP contribution in [-0.2, 0) is 13.5 Å². The van der Waals surface area contributed by atoms with E-state index in [1.165, 1.54) is 30.5 Å². The van der Waals surface area contributed by atoms with Crippen LogP contribution in [0.3, 0.4) is 0 Å². The molecular weight excluding hydrogens is 262 g/mol. The molecule has 0 saturated carbocycles. The van der Waals surface area contributed by atoms with Crippen LogP contribution in [0.4, 0.5) is 0 Å². The van der Waals surface area contributed by atoms with Crippen molar-refractivity contribution in [2.45, 2.75) is 50.7 Å². The lowest BCUT2D eigenvalue weighted by Crippen LogP contribution is -2.40. The quantitative estimate of drug-likeness (QED) is 0.904. The zero-order valence-corrected chi connectivity index (χ0v) is 13.6. The van der Waals surface area contributed by atoms with Gasteiger partial charge in [0.25, 0.3) is 0 Å². The molecule has 5 heteroatoms. The fraction of sp³-hybridized carbons (Fsp3) is 0.812. The Labute approximate surface area is 128 Å². The summed E-state index contributed by atoms with van der Waals surface area (Å²) in [5.41, 5.74) is 8.70. The van der Waals surface area contributed by atoms with Crippen molar-refractivity contribution in [1.82, 2.24) is 19.6 Å². The predicted molar refractivity (Wildman–Crippen MR) is 85.1 cm³/mol.